The third kappa shape index (κ3) is 2.25. The van der Waals surface area contributed by atoms with Crippen molar-refractivity contribution in [3.63, 3.8) is 0 Å². The molecule has 1 aromatic carbocycles. The lowest BCUT2D eigenvalue weighted by Crippen LogP contribution is -2.31. The average Bonchev–Trinajstić information content (AvgIpc) is 2.13. The Balaban J connectivity index is 2.74. The molecule has 0 saturated carbocycles. The van der Waals surface area contributed by atoms with Crippen LogP contribution in [0.2, 0.25) is 5.02 Å². The topological polar surface area (TPSA) is 83.5 Å². The van der Waals surface area contributed by atoms with Gasteiger partial charge in [-0.15, -0.1) is 0 Å². The SMILES string of the molecule is O=C(O)c1cc2c(cc1Cl)SC(=S)NS2(=O)=O. The zero-order valence-corrected chi connectivity index (χ0v) is 11.1. The Bertz CT molecular complexity index is 640. The molecular weight excluding hydrogens is 306 g/mol. The fraction of sp³-hybridized carbons (Fsp3) is 0. The Kier molecular flexibility index (Phi) is 3.06. The van der Waals surface area contributed by atoms with Crippen LogP contribution in [0.4, 0.5) is 0 Å². The molecule has 9 heteroatoms. The minimum absolute atomic E-state index is 0.0244. The fourth-order valence-electron chi connectivity index (χ4n) is 1.27. The second-order valence-corrected chi connectivity index (χ2v) is 6.86. The van der Waals surface area contributed by atoms with Gasteiger partial charge in [0.2, 0.25) is 0 Å². The van der Waals surface area contributed by atoms with Crippen molar-refractivity contribution >= 4 is 55.9 Å². The molecule has 0 atom stereocenters. The minimum atomic E-state index is -3.80. The van der Waals surface area contributed by atoms with E-state index in [1.54, 1.807) is 0 Å². The summed E-state index contributed by atoms with van der Waals surface area (Å²) in [6, 6.07) is 2.31. The number of hydrogen-bond donors (Lipinski definition) is 2. The van der Waals surface area contributed by atoms with E-state index in [4.69, 9.17) is 28.9 Å². The van der Waals surface area contributed by atoms with E-state index < -0.39 is 16.0 Å². The van der Waals surface area contributed by atoms with E-state index in [1.165, 1.54) is 6.07 Å². The molecule has 0 amide bonds. The van der Waals surface area contributed by atoms with Crippen LogP contribution >= 0.6 is 35.6 Å². The van der Waals surface area contributed by atoms with Gasteiger partial charge < -0.3 is 5.11 Å². The molecule has 5 nitrogen and oxygen atoms in total. The first-order chi connectivity index (χ1) is 7.81. The van der Waals surface area contributed by atoms with Crippen LogP contribution in [0, 0.1) is 0 Å². The smallest absolute Gasteiger partial charge is 0.337 e. The van der Waals surface area contributed by atoms with Crippen molar-refractivity contribution in [2.24, 2.45) is 0 Å². The van der Waals surface area contributed by atoms with E-state index in [1.807, 2.05) is 0 Å². The van der Waals surface area contributed by atoms with Crippen molar-refractivity contribution in [3.8, 4) is 0 Å². The molecule has 0 unspecified atom stereocenters. The number of halogens is 1. The molecule has 0 bridgehead atoms. The molecule has 0 spiro atoms. The van der Waals surface area contributed by atoms with Gasteiger partial charge in [-0.05, 0) is 12.1 Å². The van der Waals surface area contributed by atoms with E-state index in [2.05, 4.69) is 4.72 Å². The molecule has 1 aromatic rings. The number of aromatic carboxylic acids is 1. The molecular formula is C8H4ClNO4S3. The van der Waals surface area contributed by atoms with Gasteiger partial charge in [-0.3, -0.25) is 4.72 Å². The zero-order chi connectivity index (χ0) is 12.8. The van der Waals surface area contributed by atoms with Gasteiger partial charge in [-0.2, -0.15) is 0 Å². The number of nitrogens with one attached hydrogen (secondary N) is 1. The van der Waals surface area contributed by atoms with E-state index in [-0.39, 0.29) is 19.8 Å². The van der Waals surface area contributed by atoms with Gasteiger partial charge in [0, 0.05) is 4.90 Å². The summed E-state index contributed by atoms with van der Waals surface area (Å²) in [6.07, 6.45) is 0. The van der Waals surface area contributed by atoms with Crippen LogP contribution in [0.5, 0.6) is 0 Å². The summed E-state index contributed by atoms with van der Waals surface area (Å²) in [6.45, 7) is 0. The predicted octanol–water partition coefficient (Wildman–Crippen LogP) is 1.71. The molecule has 2 rings (SSSR count). The predicted molar refractivity (Wildman–Crippen MR) is 67.2 cm³/mol. The maximum atomic E-state index is 11.7. The third-order valence-corrected chi connectivity index (χ3v) is 5.26. The molecule has 0 aliphatic carbocycles. The number of benzene rings is 1. The molecule has 2 N–H and O–H groups in total. The number of carboxylic acid groups (broad SMARTS) is 1. The number of sulfonamides is 1. The van der Waals surface area contributed by atoms with Crippen LogP contribution in [0.3, 0.4) is 0 Å². The maximum Gasteiger partial charge on any atom is 0.337 e. The van der Waals surface area contributed by atoms with Crippen LogP contribution in [-0.2, 0) is 10.0 Å². The first-order valence-electron chi connectivity index (χ1n) is 4.13. The van der Waals surface area contributed by atoms with Crippen molar-refractivity contribution in [1.82, 2.24) is 4.72 Å². The second kappa shape index (κ2) is 4.13. The average molecular weight is 310 g/mol. The van der Waals surface area contributed by atoms with Crippen molar-refractivity contribution in [1.29, 1.82) is 0 Å². The van der Waals surface area contributed by atoms with Gasteiger partial charge in [0.05, 0.1) is 10.6 Å². The van der Waals surface area contributed by atoms with Crippen LogP contribution in [0.25, 0.3) is 0 Å². The second-order valence-electron chi connectivity index (χ2n) is 3.08. The first kappa shape index (κ1) is 12.6. The number of fused-ring (bicyclic) bond motifs is 1. The van der Waals surface area contributed by atoms with Crippen LogP contribution in [0.1, 0.15) is 10.4 Å². The van der Waals surface area contributed by atoms with Gasteiger partial charge in [0.25, 0.3) is 10.0 Å². The summed E-state index contributed by atoms with van der Waals surface area (Å²) in [5.41, 5.74) is -0.260. The highest BCUT2D eigenvalue weighted by atomic mass is 35.5. The summed E-state index contributed by atoms with van der Waals surface area (Å²) in [7, 11) is -3.80. The van der Waals surface area contributed by atoms with Gasteiger partial charge in [0.1, 0.15) is 4.90 Å². The minimum Gasteiger partial charge on any atom is -0.478 e. The quantitative estimate of drug-likeness (QED) is 0.768. The van der Waals surface area contributed by atoms with Gasteiger partial charge >= 0.3 is 5.97 Å². The normalized spacial score (nSPS) is 17.1. The molecule has 1 aliphatic heterocycles. The lowest BCUT2D eigenvalue weighted by Gasteiger charge is -2.18. The Morgan fingerprint density at radius 1 is 1.47 bits per heavy atom. The van der Waals surface area contributed by atoms with Crippen molar-refractivity contribution in [2.75, 3.05) is 0 Å². The van der Waals surface area contributed by atoms with Gasteiger partial charge in [-0.25, -0.2) is 13.2 Å². The number of hydrogen-bond acceptors (Lipinski definition) is 5. The standard InChI is InChI=1S/C8H4ClNO4S3/c9-4-2-5-6(1-3(4)7(11)12)17(13,14)10-8(15)16-5/h1-2H,(H,10,15)(H,11,12). The van der Waals surface area contributed by atoms with Crippen molar-refractivity contribution < 1.29 is 18.3 Å². The summed E-state index contributed by atoms with van der Waals surface area (Å²) in [5.74, 6) is -1.29. The zero-order valence-electron chi connectivity index (χ0n) is 7.93. The number of carbonyl (C=O) groups is 1. The molecule has 0 radical (unpaired) electrons. The van der Waals surface area contributed by atoms with E-state index in [9.17, 15) is 13.2 Å². The monoisotopic (exact) mass is 309 g/mol. The molecule has 1 aliphatic rings. The molecule has 1 heterocycles. The van der Waals surface area contributed by atoms with Crippen LogP contribution in [-0.4, -0.2) is 23.8 Å². The Morgan fingerprint density at radius 3 is 2.71 bits per heavy atom. The summed E-state index contributed by atoms with van der Waals surface area (Å²) in [4.78, 5) is 11.0. The van der Waals surface area contributed by atoms with E-state index in [0.717, 1.165) is 17.8 Å². The lowest BCUT2D eigenvalue weighted by molar-refractivity contribution is 0.0696. The highest BCUT2D eigenvalue weighted by molar-refractivity contribution is 8.24. The molecule has 0 saturated heterocycles. The van der Waals surface area contributed by atoms with Crippen LogP contribution < -0.4 is 4.72 Å². The Hall–Kier alpha value is -0.830. The van der Waals surface area contributed by atoms with Gasteiger partial charge in [-0.1, -0.05) is 35.6 Å². The highest BCUT2D eigenvalue weighted by Gasteiger charge is 2.29. The number of thioether (sulfide) groups is 1. The molecule has 17 heavy (non-hydrogen) atoms. The molecule has 90 valence electrons. The van der Waals surface area contributed by atoms with Crippen molar-refractivity contribution in [3.05, 3.63) is 22.7 Å². The first-order valence-corrected chi connectivity index (χ1v) is 7.21. The van der Waals surface area contributed by atoms with Crippen molar-refractivity contribution in [2.45, 2.75) is 9.79 Å². The summed E-state index contributed by atoms with van der Waals surface area (Å²) < 4.78 is 25.7. The summed E-state index contributed by atoms with van der Waals surface area (Å²) >= 11 is 11.5. The highest BCUT2D eigenvalue weighted by Crippen LogP contribution is 2.35. The summed E-state index contributed by atoms with van der Waals surface area (Å²) in [5, 5.41) is 8.83. The number of carboxylic acids is 1. The maximum absolute atomic E-state index is 11.7. The van der Waals surface area contributed by atoms with Gasteiger partial charge in [0.15, 0.2) is 4.32 Å². The van der Waals surface area contributed by atoms with E-state index in [0.29, 0.717) is 4.90 Å². The van der Waals surface area contributed by atoms with E-state index >= 15 is 0 Å². The Morgan fingerprint density at radius 2 is 2.12 bits per heavy atom. The number of rotatable bonds is 1. The Labute approximate surface area is 111 Å². The van der Waals surface area contributed by atoms with Crippen LogP contribution in [0.15, 0.2) is 21.9 Å². The largest absolute Gasteiger partial charge is 0.478 e. The lowest BCUT2D eigenvalue weighted by atomic mass is 10.2. The fourth-order valence-corrected chi connectivity index (χ4v) is 4.59. The molecule has 0 aromatic heterocycles. The molecule has 0 fully saturated rings. The third-order valence-electron chi connectivity index (χ3n) is 1.97. The number of thiocarbonyl (C=S) groups is 1.